The molecule has 124 valence electrons. The Morgan fingerprint density at radius 1 is 1.18 bits per heavy atom. The fraction of sp³-hybridized carbons (Fsp3) is 0.714. The van der Waals surface area contributed by atoms with E-state index in [1.165, 1.54) is 0 Å². The molecule has 0 aromatic rings. The van der Waals surface area contributed by atoms with Gasteiger partial charge in [0, 0.05) is 53.3 Å². The van der Waals surface area contributed by atoms with Crippen molar-refractivity contribution in [3.05, 3.63) is 11.1 Å². The molecule has 0 N–H and O–H groups in total. The molecule has 8 heteroatoms. The fourth-order valence-electron chi connectivity index (χ4n) is 2.74. The molecule has 1 heterocycles. The van der Waals surface area contributed by atoms with Crippen molar-refractivity contribution in [1.82, 2.24) is 0 Å². The van der Waals surface area contributed by atoms with E-state index in [9.17, 15) is 22.6 Å². The van der Waals surface area contributed by atoms with Crippen LogP contribution in [0.5, 0.6) is 0 Å². The molecule has 0 bridgehead atoms. The molecule has 0 atom stereocenters. The number of hydrogen-bond acceptors (Lipinski definition) is 7. The molecule has 1 aliphatic heterocycles. The van der Waals surface area contributed by atoms with Crippen LogP contribution in [0.2, 0.25) is 0 Å². The van der Waals surface area contributed by atoms with Gasteiger partial charge in [-0.15, -0.1) is 0 Å². The first kappa shape index (κ1) is 17.7. The smallest absolute Gasteiger partial charge is 0.160 e. The van der Waals surface area contributed by atoms with Crippen LogP contribution in [0.4, 0.5) is 0 Å². The van der Waals surface area contributed by atoms with Crippen molar-refractivity contribution in [1.29, 1.82) is 0 Å². The van der Waals surface area contributed by atoms with E-state index in [1.54, 1.807) is 11.8 Å². The van der Waals surface area contributed by atoms with Gasteiger partial charge in [-0.1, -0.05) is 6.92 Å². The van der Waals surface area contributed by atoms with Crippen LogP contribution < -0.4 is 0 Å². The van der Waals surface area contributed by atoms with Crippen LogP contribution in [0, 0.1) is 5.41 Å². The molecule has 2 rings (SSSR count). The van der Waals surface area contributed by atoms with Gasteiger partial charge in [-0.2, -0.15) is 11.8 Å². The second kappa shape index (κ2) is 6.82. The van der Waals surface area contributed by atoms with Crippen molar-refractivity contribution >= 4 is 33.4 Å². The molecule has 0 aromatic carbocycles. The second-order valence-corrected chi connectivity index (χ2v) is 8.64. The van der Waals surface area contributed by atoms with Crippen LogP contribution in [0.1, 0.15) is 26.2 Å². The SMILES string of the molecule is CC1(COCCCS(=O)(=O)[O-])CC(=O)C2=C(CSC2)C(=O)C1. The van der Waals surface area contributed by atoms with Gasteiger partial charge in [0.25, 0.3) is 0 Å². The zero-order valence-electron chi connectivity index (χ0n) is 12.4. The molecule has 0 amide bonds. The summed E-state index contributed by atoms with van der Waals surface area (Å²) in [5.41, 5.74) is 0.756. The monoisotopic (exact) mass is 347 g/mol. The highest BCUT2D eigenvalue weighted by Crippen LogP contribution is 2.38. The van der Waals surface area contributed by atoms with E-state index in [1.807, 2.05) is 6.92 Å². The van der Waals surface area contributed by atoms with Crippen LogP contribution in [0.25, 0.3) is 0 Å². The number of carbonyl (C=O) groups is 2. The normalized spacial score (nSPS) is 21.9. The first-order valence-electron chi connectivity index (χ1n) is 7.08. The summed E-state index contributed by atoms with van der Waals surface area (Å²) in [6.45, 7) is 2.17. The van der Waals surface area contributed by atoms with Crippen LogP contribution >= 0.6 is 11.8 Å². The molecule has 1 aliphatic carbocycles. The van der Waals surface area contributed by atoms with E-state index < -0.39 is 21.3 Å². The van der Waals surface area contributed by atoms with E-state index in [4.69, 9.17) is 4.74 Å². The van der Waals surface area contributed by atoms with Gasteiger partial charge in [0.1, 0.15) is 0 Å². The first-order valence-corrected chi connectivity index (χ1v) is 9.81. The van der Waals surface area contributed by atoms with Crippen LogP contribution in [0.15, 0.2) is 11.1 Å². The Labute approximate surface area is 134 Å². The Balaban J connectivity index is 1.89. The van der Waals surface area contributed by atoms with Crippen molar-refractivity contribution in [3.8, 4) is 0 Å². The standard InChI is InChI=1S/C14H20O6S2/c1-14(9-20-3-2-4-22(17,18)19)5-12(15)10-7-21-8-11(10)13(16)6-14/h2-9H2,1H3,(H,17,18,19)/p-1. The van der Waals surface area contributed by atoms with Gasteiger partial charge in [-0.25, -0.2) is 8.42 Å². The third kappa shape index (κ3) is 4.65. The number of thioether (sulfide) groups is 1. The highest BCUT2D eigenvalue weighted by Gasteiger charge is 2.39. The third-order valence-corrected chi connectivity index (χ3v) is 5.61. The van der Waals surface area contributed by atoms with E-state index in [0.717, 1.165) is 0 Å². The second-order valence-electron chi connectivity index (χ2n) is 6.13. The Hall–Kier alpha value is -0.700. The maximum absolute atomic E-state index is 12.3. The van der Waals surface area contributed by atoms with E-state index in [-0.39, 0.29) is 44.0 Å². The Kier molecular flexibility index (Phi) is 5.47. The molecule has 22 heavy (non-hydrogen) atoms. The Morgan fingerprint density at radius 2 is 1.73 bits per heavy atom. The summed E-state index contributed by atoms with van der Waals surface area (Å²) in [5, 5.41) is 0. The van der Waals surface area contributed by atoms with Crippen molar-refractivity contribution in [2.75, 3.05) is 30.5 Å². The lowest BCUT2D eigenvalue weighted by molar-refractivity contribution is -0.120. The van der Waals surface area contributed by atoms with Gasteiger partial charge < -0.3 is 9.29 Å². The molecule has 6 nitrogen and oxygen atoms in total. The van der Waals surface area contributed by atoms with Gasteiger partial charge in [0.15, 0.2) is 11.6 Å². The predicted octanol–water partition coefficient (Wildman–Crippen LogP) is 0.920. The lowest BCUT2D eigenvalue weighted by Crippen LogP contribution is -2.29. The van der Waals surface area contributed by atoms with Gasteiger partial charge in [-0.05, 0) is 6.42 Å². The molecule has 0 fully saturated rings. The van der Waals surface area contributed by atoms with E-state index >= 15 is 0 Å². The lowest BCUT2D eigenvalue weighted by Gasteiger charge is -2.27. The summed E-state index contributed by atoms with van der Waals surface area (Å²) in [4.78, 5) is 24.6. The molecule has 0 saturated heterocycles. The van der Waals surface area contributed by atoms with Gasteiger partial charge in [-0.3, -0.25) is 9.59 Å². The molecule has 0 radical (unpaired) electrons. The topological polar surface area (TPSA) is 101 Å². The third-order valence-electron chi connectivity index (χ3n) is 3.84. The van der Waals surface area contributed by atoms with E-state index in [2.05, 4.69) is 0 Å². The number of ketones is 2. The van der Waals surface area contributed by atoms with Crippen molar-refractivity contribution < 1.29 is 27.3 Å². The average molecular weight is 347 g/mol. The maximum Gasteiger partial charge on any atom is 0.160 e. The van der Waals surface area contributed by atoms with Crippen LogP contribution in [-0.2, 0) is 24.4 Å². The van der Waals surface area contributed by atoms with Gasteiger partial charge in [0.05, 0.1) is 16.7 Å². The molecular weight excluding hydrogens is 328 g/mol. The highest BCUT2D eigenvalue weighted by atomic mass is 32.2. The number of ether oxygens (including phenoxy) is 1. The Morgan fingerprint density at radius 3 is 2.23 bits per heavy atom. The van der Waals surface area contributed by atoms with Crippen LogP contribution in [0.3, 0.4) is 0 Å². The van der Waals surface area contributed by atoms with Crippen molar-refractivity contribution in [2.45, 2.75) is 26.2 Å². The molecule has 2 aliphatic rings. The van der Waals surface area contributed by atoms with E-state index in [0.29, 0.717) is 22.7 Å². The number of rotatable bonds is 6. The zero-order chi connectivity index (χ0) is 16.4. The predicted molar refractivity (Wildman–Crippen MR) is 81.7 cm³/mol. The summed E-state index contributed by atoms with van der Waals surface area (Å²) >= 11 is 1.59. The van der Waals surface area contributed by atoms with Crippen LogP contribution in [-0.4, -0.2) is 55.0 Å². The largest absolute Gasteiger partial charge is 0.748 e. The summed E-state index contributed by atoms with van der Waals surface area (Å²) in [6, 6.07) is 0. The minimum Gasteiger partial charge on any atom is -0.748 e. The first-order chi connectivity index (χ1) is 10.2. The summed E-state index contributed by atoms with van der Waals surface area (Å²) < 4.78 is 36.9. The quantitative estimate of drug-likeness (QED) is 0.520. The molecule has 0 spiro atoms. The highest BCUT2D eigenvalue weighted by molar-refractivity contribution is 8.00. The summed E-state index contributed by atoms with van der Waals surface area (Å²) in [5.74, 6) is 0.781. The van der Waals surface area contributed by atoms with Gasteiger partial charge >= 0.3 is 0 Å². The van der Waals surface area contributed by atoms with Crippen molar-refractivity contribution in [3.63, 3.8) is 0 Å². The fourth-order valence-corrected chi connectivity index (χ4v) is 4.39. The molecule has 0 saturated carbocycles. The van der Waals surface area contributed by atoms with Crippen molar-refractivity contribution in [2.24, 2.45) is 5.41 Å². The number of Topliss-reactive ketones (excluding diaryl/α,β-unsaturated/α-hetero) is 2. The molecular formula is C14H19O6S2-. The maximum atomic E-state index is 12.3. The average Bonchev–Trinajstić information content (AvgIpc) is 2.82. The number of hydrogen-bond donors (Lipinski definition) is 0. The van der Waals surface area contributed by atoms with Gasteiger partial charge in [0.2, 0.25) is 0 Å². The number of carbonyl (C=O) groups excluding carboxylic acids is 2. The summed E-state index contributed by atoms with van der Waals surface area (Å²) in [6.07, 6.45) is 0.644. The Bertz CT molecular complexity index is 577. The summed E-state index contributed by atoms with van der Waals surface area (Å²) in [7, 11) is -4.23. The zero-order valence-corrected chi connectivity index (χ0v) is 14.1. The minimum absolute atomic E-state index is 0.0130. The lowest BCUT2D eigenvalue weighted by atomic mass is 9.82. The minimum atomic E-state index is -4.23. The molecule has 0 unspecified atom stereocenters. The molecule has 0 aromatic heterocycles.